The number of benzene rings is 2. The van der Waals surface area contributed by atoms with Crippen LogP contribution in [0.3, 0.4) is 0 Å². The van der Waals surface area contributed by atoms with E-state index in [2.05, 4.69) is 9.97 Å². The van der Waals surface area contributed by atoms with Crippen molar-refractivity contribution in [3.05, 3.63) is 104 Å². The number of carbonyl (C=O) groups is 1. The Balaban J connectivity index is 0.000000877. The maximum atomic E-state index is 14.2. The van der Waals surface area contributed by atoms with Crippen LogP contribution in [0.2, 0.25) is 20.6 Å². The Kier molecular flexibility index (Phi) is 19.9. The number of rotatable bonds is 8. The van der Waals surface area contributed by atoms with E-state index in [-0.39, 0.29) is 73.5 Å². The quantitative estimate of drug-likeness (QED) is 0.0860. The smallest absolute Gasteiger partial charge is 1.00 e. The summed E-state index contributed by atoms with van der Waals surface area (Å²) in [6.07, 6.45) is 3.08. The second-order valence-electron chi connectivity index (χ2n) is 13.1. The Bertz CT molecular complexity index is 1850. The number of hydrogen-bond donors (Lipinski definition) is 1. The monoisotopic (exact) mass is 809 g/mol. The SMILES string of the molecule is C1CCOC1.CC(C)(CO)Cc1c(-c2ccc(F)cc2F)cc(Cl)nc1Cl.COC(=O)C(C)(C)Cc1c(-c2ccc(F)cc2F)cc(Cl)nc1Cl.[B].[H-].[Li+]. The third kappa shape index (κ3) is 14.0. The van der Waals surface area contributed by atoms with Crippen LogP contribution >= 0.6 is 46.4 Å². The topological polar surface area (TPSA) is 81.5 Å². The Hall–Kier alpha value is -2.33. The van der Waals surface area contributed by atoms with E-state index in [0.717, 1.165) is 31.4 Å². The van der Waals surface area contributed by atoms with E-state index in [1.165, 1.54) is 50.3 Å². The molecule has 3 radical (unpaired) electrons. The average Bonchev–Trinajstić information content (AvgIpc) is 3.64. The van der Waals surface area contributed by atoms with Gasteiger partial charge in [0.1, 0.15) is 43.9 Å². The normalized spacial score (nSPS) is 12.3. The Morgan fingerprint density at radius 3 is 1.53 bits per heavy atom. The van der Waals surface area contributed by atoms with E-state index in [0.29, 0.717) is 28.7 Å². The molecule has 0 saturated carbocycles. The van der Waals surface area contributed by atoms with Gasteiger partial charge < -0.3 is 16.0 Å². The molecule has 3 heterocycles. The van der Waals surface area contributed by atoms with Gasteiger partial charge in [-0.05, 0) is 104 Å². The maximum absolute atomic E-state index is 14.2. The van der Waals surface area contributed by atoms with Gasteiger partial charge in [-0.15, -0.1) is 0 Å². The molecule has 5 rings (SSSR count). The van der Waals surface area contributed by atoms with Crippen LogP contribution in [-0.4, -0.2) is 56.4 Å². The van der Waals surface area contributed by atoms with E-state index in [1.54, 1.807) is 13.8 Å². The van der Waals surface area contributed by atoms with Crippen molar-refractivity contribution in [2.75, 3.05) is 26.9 Å². The van der Waals surface area contributed by atoms with Gasteiger partial charge in [0.15, 0.2) is 0 Å². The number of aromatic nitrogens is 2. The summed E-state index contributed by atoms with van der Waals surface area (Å²) >= 11 is 24.2. The van der Waals surface area contributed by atoms with Crippen molar-refractivity contribution in [2.24, 2.45) is 10.8 Å². The van der Waals surface area contributed by atoms with Crippen molar-refractivity contribution in [1.29, 1.82) is 0 Å². The Morgan fingerprint density at radius 2 is 1.19 bits per heavy atom. The minimum atomic E-state index is -0.918. The standard InChI is InChI=1S/C17H15Cl2F2NO2.C16H15Cl2F2NO.C4H8O.B.Li.H/c1-17(2,16(23)24-3)8-12-11(7-14(18)22-15(12)19)10-5-4-9(20)6-13(10)21;1-16(2,8-22)7-12-11(6-14(17)21-15(12)18)10-4-3-9(19)5-13(10)20;1-2-4-5-3-1;;;/h4-7H,8H2,1-3H3;3-6,22H,7-8H2,1-2H3;1-4H2;;;/q;;;;+1;-1. The summed E-state index contributed by atoms with van der Waals surface area (Å²) in [5, 5.41) is 9.83. The first-order chi connectivity index (χ1) is 23.9. The van der Waals surface area contributed by atoms with Crippen LogP contribution in [0.1, 0.15) is 53.1 Å². The van der Waals surface area contributed by atoms with Gasteiger partial charge in [0.25, 0.3) is 0 Å². The third-order valence-electron chi connectivity index (χ3n) is 7.80. The van der Waals surface area contributed by atoms with Gasteiger partial charge in [-0.25, -0.2) is 27.5 Å². The molecule has 2 aromatic heterocycles. The summed E-state index contributed by atoms with van der Waals surface area (Å²) in [6, 6.07) is 9.44. The molecule has 1 saturated heterocycles. The number of aliphatic hydroxyl groups excluding tert-OH is 1. The molecule has 53 heavy (non-hydrogen) atoms. The fourth-order valence-electron chi connectivity index (χ4n) is 5.09. The fraction of sp³-hybridized carbons (Fsp3) is 0.378. The molecule has 0 bridgehead atoms. The number of hydrogen-bond acceptors (Lipinski definition) is 6. The van der Waals surface area contributed by atoms with Gasteiger partial charge in [-0.1, -0.05) is 60.3 Å². The number of esters is 1. The molecule has 0 spiro atoms. The number of aliphatic hydroxyl groups is 1. The van der Waals surface area contributed by atoms with Crippen LogP contribution in [0.15, 0.2) is 48.5 Å². The first-order valence-corrected chi connectivity index (χ1v) is 17.3. The van der Waals surface area contributed by atoms with Gasteiger partial charge in [0, 0.05) is 51.5 Å². The van der Waals surface area contributed by atoms with Gasteiger partial charge in [0.05, 0.1) is 12.5 Å². The molecule has 1 fully saturated rings. The molecular weight excluding hydrogens is 772 g/mol. The molecule has 0 aliphatic carbocycles. The summed E-state index contributed by atoms with van der Waals surface area (Å²) in [5.74, 6) is -3.27. The zero-order chi connectivity index (χ0) is 38.1. The Morgan fingerprint density at radius 1 is 0.774 bits per heavy atom. The third-order valence-corrected chi connectivity index (χ3v) is 8.81. The number of nitrogens with zero attached hydrogens (tertiary/aromatic N) is 2. The van der Waals surface area contributed by atoms with Crippen molar-refractivity contribution >= 4 is 60.8 Å². The van der Waals surface area contributed by atoms with E-state index < -0.39 is 40.1 Å². The maximum Gasteiger partial charge on any atom is 1.00 e. The molecule has 0 atom stereocenters. The summed E-state index contributed by atoms with van der Waals surface area (Å²) in [7, 11) is 1.28. The molecule has 1 aliphatic heterocycles. The van der Waals surface area contributed by atoms with E-state index in [1.807, 2.05) is 13.8 Å². The number of halogens is 8. The number of pyridine rings is 2. The fourth-order valence-corrected chi connectivity index (χ4v) is 6.08. The summed E-state index contributed by atoms with van der Waals surface area (Å²) in [6.45, 7) is 8.98. The zero-order valence-corrected chi connectivity index (χ0v) is 33.3. The molecule has 2 aromatic carbocycles. The van der Waals surface area contributed by atoms with Crippen LogP contribution in [0.25, 0.3) is 22.3 Å². The number of carbonyl (C=O) groups excluding carboxylic acids is 1. The molecule has 1 N–H and O–H groups in total. The first kappa shape index (κ1) is 48.7. The van der Waals surface area contributed by atoms with Gasteiger partial charge in [-0.3, -0.25) is 4.79 Å². The van der Waals surface area contributed by atoms with Crippen molar-refractivity contribution in [3.63, 3.8) is 0 Å². The van der Waals surface area contributed by atoms with Crippen molar-refractivity contribution in [1.82, 2.24) is 9.97 Å². The molecule has 0 amide bonds. The molecule has 0 unspecified atom stereocenters. The number of ether oxygens (including phenoxy) is 2. The predicted molar refractivity (Wildman–Crippen MR) is 200 cm³/mol. The summed E-state index contributed by atoms with van der Waals surface area (Å²) < 4.78 is 64.3. The van der Waals surface area contributed by atoms with Crippen LogP contribution in [-0.2, 0) is 27.1 Å². The van der Waals surface area contributed by atoms with E-state index >= 15 is 0 Å². The average molecular weight is 811 g/mol. The second-order valence-corrected chi connectivity index (χ2v) is 14.6. The molecule has 4 aromatic rings. The van der Waals surface area contributed by atoms with Gasteiger partial charge in [-0.2, -0.15) is 0 Å². The molecule has 281 valence electrons. The minimum absolute atomic E-state index is 0. The van der Waals surface area contributed by atoms with Crippen molar-refractivity contribution in [3.8, 4) is 22.3 Å². The van der Waals surface area contributed by atoms with Crippen LogP contribution in [0.5, 0.6) is 0 Å². The number of methoxy groups -OCH3 is 1. The first-order valence-electron chi connectivity index (χ1n) is 15.8. The molecular formula is C37H39BCl4F4LiN2O4. The molecule has 6 nitrogen and oxygen atoms in total. The Labute approximate surface area is 343 Å². The summed E-state index contributed by atoms with van der Waals surface area (Å²) in [5.41, 5.74) is 0.731. The zero-order valence-electron chi connectivity index (χ0n) is 31.2. The van der Waals surface area contributed by atoms with E-state index in [4.69, 9.17) is 55.9 Å². The van der Waals surface area contributed by atoms with Crippen molar-refractivity contribution < 1.29 is 57.2 Å². The van der Waals surface area contributed by atoms with Crippen molar-refractivity contribution in [2.45, 2.75) is 53.4 Å². The second kappa shape index (κ2) is 21.7. The summed E-state index contributed by atoms with van der Waals surface area (Å²) in [4.78, 5) is 19.9. The van der Waals surface area contributed by atoms with Crippen LogP contribution in [0.4, 0.5) is 17.6 Å². The van der Waals surface area contributed by atoms with E-state index in [9.17, 15) is 27.5 Å². The largest absolute Gasteiger partial charge is 1.00 e. The van der Waals surface area contributed by atoms with Gasteiger partial charge in [0.2, 0.25) is 0 Å². The van der Waals surface area contributed by atoms with Crippen LogP contribution < -0.4 is 18.9 Å². The van der Waals surface area contributed by atoms with Gasteiger partial charge >= 0.3 is 24.8 Å². The predicted octanol–water partition coefficient (Wildman–Crippen LogP) is 7.50. The minimum Gasteiger partial charge on any atom is -1.00 e. The molecule has 16 heteroatoms. The molecule has 1 aliphatic rings. The van der Waals surface area contributed by atoms with Crippen LogP contribution in [0, 0.1) is 34.1 Å².